The van der Waals surface area contributed by atoms with Crippen molar-refractivity contribution in [1.82, 2.24) is 10.2 Å². The number of amides is 2. The summed E-state index contributed by atoms with van der Waals surface area (Å²) in [6.45, 7) is 9.54. The number of piperidine rings is 1. The second-order valence-electron chi connectivity index (χ2n) is 8.38. The van der Waals surface area contributed by atoms with Crippen LogP contribution in [-0.4, -0.2) is 41.4 Å². The Morgan fingerprint density at radius 2 is 1.90 bits per heavy atom. The first-order valence-corrected chi connectivity index (χ1v) is 11.0. The summed E-state index contributed by atoms with van der Waals surface area (Å²) in [6.07, 6.45) is 8.19. The molecule has 0 aromatic heterocycles. The average Bonchev–Trinajstić information content (AvgIpc) is 3.59. The molecule has 0 spiro atoms. The lowest BCUT2D eigenvalue weighted by atomic mass is 9.88. The number of likely N-dealkylation sites (tertiary alicyclic amines) is 1. The van der Waals surface area contributed by atoms with Crippen LogP contribution in [0.3, 0.4) is 0 Å². The molecule has 1 saturated heterocycles. The predicted molar refractivity (Wildman–Crippen MR) is 115 cm³/mol. The molecular weight excluding hydrogens is 364 g/mol. The molecule has 2 amide bonds. The first-order valence-electron chi connectivity index (χ1n) is 11.0. The van der Waals surface area contributed by atoms with Gasteiger partial charge in [0, 0.05) is 43.0 Å². The third-order valence-corrected chi connectivity index (χ3v) is 6.35. The highest BCUT2D eigenvalue weighted by molar-refractivity contribution is 5.95. The minimum atomic E-state index is -0.253. The van der Waals surface area contributed by atoms with Crippen LogP contribution >= 0.6 is 0 Å². The summed E-state index contributed by atoms with van der Waals surface area (Å²) >= 11 is 0. The number of hydrogen-bond acceptors (Lipinski definition) is 3. The highest BCUT2D eigenvalue weighted by Crippen LogP contribution is 2.32. The largest absolute Gasteiger partial charge is 0.490 e. The zero-order valence-corrected chi connectivity index (χ0v) is 17.8. The number of ether oxygens (including phenoxy) is 1. The van der Waals surface area contributed by atoms with Gasteiger partial charge in [-0.05, 0) is 50.3 Å². The van der Waals surface area contributed by atoms with Gasteiger partial charge in [-0.15, -0.1) is 6.58 Å². The highest BCUT2D eigenvalue weighted by atomic mass is 16.5. The molecule has 1 aromatic carbocycles. The van der Waals surface area contributed by atoms with Crippen LogP contribution < -0.4 is 10.1 Å². The van der Waals surface area contributed by atoms with Gasteiger partial charge in [-0.1, -0.05) is 26.0 Å². The molecule has 158 valence electrons. The standard InChI is InChI=1S/C24H34N2O3/c1-4-14-24(5-2,6-3)25-22(27)19-8-7-9-21(17-19)29-20-12-15-26(16-13-20)23(28)18-10-11-18/h4,7-9,17-18,20H,1,5-6,10-16H2,2-3H3,(H,25,27). The molecule has 5 nitrogen and oxygen atoms in total. The van der Waals surface area contributed by atoms with E-state index in [0.29, 0.717) is 17.2 Å². The lowest BCUT2D eigenvalue weighted by molar-refractivity contribution is -0.134. The first-order chi connectivity index (χ1) is 14.0. The summed E-state index contributed by atoms with van der Waals surface area (Å²) in [5.41, 5.74) is 0.357. The Labute approximate surface area is 174 Å². The normalized spacial score (nSPS) is 17.7. The molecule has 1 heterocycles. The van der Waals surface area contributed by atoms with Gasteiger partial charge in [0.1, 0.15) is 11.9 Å². The van der Waals surface area contributed by atoms with E-state index in [1.165, 1.54) is 0 Å². The van der Waals surface area contributed by atoms with E-state index in [9.17, 15) is 9.59 Å². The van der Waals surface area contributed by atoms with Crippen LogP contribution in [0, 0.1) is 5.92 Å². The summed E-state index contributed by atoms with van der Waals surface area (Å²) < 4.78 is 6.15. The quantitative estimate of drug-likeness (QED) is 0.630. The Morgan fingerprint density at radius 3 is 2.48 bits per heavy atom. The predicted octanol–water partition coefficient (Wildman–Crippen LogP) is 4.33. The van der Waals surface area contributed by atoms with Crippen LogP contribution in [0.15, 0.2) is 36.9 Å². The smallest absolute Gasteiger partial charge is 0.251 e. The van der Waals surface area contributed by atoms with Gasteiger partial charge in [0.25, 0.3) is 5.91 Å². The molecule has 29 heavy (non-hydrogen) atoms. The van der Waals surface area contributed by atoms with Crippen molar-refractivity contribution in [3.63, 3.8) is 0 Å². The number of carbonyl (C=O) groups excluding carboxylic acids is 2. The third kappa shape index (κ3) is 5.40. The molecule has 1 N–H and O–H groups in total. The minimum Gasteiger partial charge on any atom is -0.490 e. The molecule has 1 aliphatic heterocycles. The van der Waals surface area contributed by atoms with Crippen LogP contribution in [0.1, 0.15) is 69.2 Å². The number of hydrogen-bond donors (Lipinski definition) is 1. The Morgan fingerprint density at radius 1 is 1.21 bits per heavy atom. The fourth-order valence-corrected chi connectivity index (χ4v) is 4.04. The lowest BCUT2D eigenvalue weighted by Gasteiger charge is -2.33. The van der Waals surface area contributed by atoms with Crippen molar-refractivity contribution in [3.05, 3.63) is 42.5 Å². The van der Waals surface area contributed by atoms with Crippen molar-refractivity contribution in [2.45, 2.75) is 70.4 Å². The third-order valence-electron chi connectivity index (χ3n) is 6.35. The number of benzene rings is 1. The van der Waals surface area contributed by atoms with Crippen molar-refractivity contribution in [1.29, 1.82) is 0 Å². The molecule has 1 aliphatic carbocycles. The van der Waals surface area contributed by atoms with Gasteiger partial charge >= 0.3 is 0 Å². The van der Waals surface area contributed by atoms with Gasteiger partial charge in [-0.3, -0.25) is 9.59 Å². The van der Waals surface area contributed by atoms with Crippen molar-refractivity contribution in [2.24, 2.45) is 5.92 Å². The van der Waals surface area contributed by atoms with Gasteiger partial charge in [0.2, 0.25) is 5.91 Å². The molecule has 1 aromatic rings. The fraction of sp³-hybridized carbons (Fsp3) is 0.583. The molecule has 3 rings (SSSR count). The second-order valence-corrected chi connectivity index (χ2v) is 8.38. The molecule has 0 atom stereocenters. The minimum absolute atomic E-state index is 0.0779. The summed E-state index contributed by atoms with van der Waals surface area (Å²) in [5.74, 6) is 1.23. The SMILES string of the molecule is C=CCC(CC)(CC)NC(=O)c1cccc(OC2CCN(C(=O)C3CC3)CC2)c1. The van der Waals surface area contributed by atoms with E-state index in [0.717, 1.165) is 58.0 Å². The summed E-state index contributed by atoms with van der Waals surface area (Å²) in [4.78, 5) is 27.0. The molecule has 0 unspecified atom stereocenters. The van der Waals surface area contributed by atoms with Gasteiger partial charge in [0.05, 0.1) is 0 Å². The zero-order chi connectivity index (χ0) is 20.9. The Bertz CT molecular complexity index is 729. The van der Waals surface area contributed by atoms with Crippen LogP contribution in [0.25, 0.3) is 0 Å². The van der Waals surface area contributed by atoms with Gasteiger partial charge in [-0.25, -0.2) is 0 Å². The average molecular weight is 399 g/mol. The van der Waals surface area contributed by atoms with Crippen molar-refractivity contribution in [3.8, 4) is 5.75 Å². The van der Waals surface area contributed by atoms with E-state index in [1.54, 1.807) is 0 Å². The fourth-order valence-electron chi connectivity index (χ4n) is 4.04. The van der Waals surface area contributed by atoms with Crippen molar-refractivity contribution < 1.29 is 14.3 Å². The molecule has 0 radical (unpaired) electrons. The molecule has 2 aliphatic rings. The zero-order valence-electron chi connectivity index (χ0n) is 17.8. The first kappa shape index (κ1) is 21.4. The highest BCUT2D eigenvalue weighted by Gasteiger charge is 2.35. The van der Waals surface area contributed by atoms with E-state index in [-0.39, 0.29) is 23.5 Å². The summed E-state index contributed by atoms with van der Waals surface area (Å²) in [6, 6.07) is 7.41. The Kier molecular flexibility index (Phi) is 6.99. The molecule has 1 saturated carbocycles. The van der Waals surface area contributed by atoms with Crippen LogP contribution in [0.4, 0.5) is 0 Å². The van der Waals surface area contributed by atoms with E-state index in [4.69, 9.17) is 4.74 Å². The van der Waals surface area contributed by atoms with E-state index < -0.39 is 0 Å². The lowest BCUT2D eigenvalue weighted by Crippen LogP contribution is -2.47. The van der Waals surface area contributed by atoms with E-state index in [1.807, 2.05) is 35.2 Å². The van der Waals surface area contributed by atoms with E-state index >= 15 is 0 Å². The van der Waals surface area contributed by atoms with Gasteiger partial charge in [0.15, 0.2) is 0 Å². The topological polar surface area (TPSA) is 58.6 Å². The molecule has 2 fully saturated rings. The maximum atomic E-state index is 12.8. The van der Waals surface area contributed by atoms with Crippen molar-refractivity contribution >= 4 is 11.8 Å². The maximum absolute atomic E-state index is 12.8. The Balaban J connectivity index is 1.57. The summed E-state index contributed by atoms with van der Waals surface area (Å²) in [7, 11) is 0. The second kappa shape index (κ2) is 9.47. The van der Waals surface area contributed by atoms with Crippen LogP contribution in [0.2, 0.25) is 0 Å². The number of rotatable bonds is 9. The monoisotopic (exact) mass is 398 g/mol. The summed E-state index contributed by atoms with van der Waals surface area (Å²) in [5, 5.41) is 3.20. The number of carbonyl (C=O) groups is 2. The maximum Gasteiger partial charge on any atom is 0.251 e. The molecule has 0 bridgehead atoms. The van der Waals surface area contributed by atoms with Crippen LogP contribution in [-0.2, 0) is 4.79 Å². The number of nitrogens with one attached hydrogen (secondary N) is 1. The molecular formula is C24H34N2O3. The Hall–Kier alpha value is -2.30. The van der Waals surface area contributed by atoms with Crippen molar-refractivity contribution in [2.75, 3.05) is 13.1 Å². The van der Waals surface area contributed by atoms with Gasteiger partial charge < -0.3 is 15.0 Å². The van der Waals surface area contributed by atoms with E-state index in [2.05, 4.69) is 25.7 Å². The molecule has 5 heteroatoms. The number of nitrogens with zero attached hydrogens (tertiary/aromatic N) is 1. The van der Waals surface area contributed by atoms with Gasteiger partial charge in [-0.2, -0.15) is 0 Å². The van der Waals surface area contributed by atoms with Crippen LogP contribution in [0.5, 0.6) is 5.75 Å².